The number of hydrogen-bond acceptors (Lipinski definition) is 3. The molecule has 27 heavy (non-hydrogen) atoms. The lowest BCUT2D eigenvalue weighted by molar-refractivity contribution is 0.0926. The van der Waals surface area contributed by atoms with Gasteiger partial charge in [-0.25, -0.2) is 4.79 Å². The summed E-state index contributed by atoms with van der Waals surface area (Å²) in [6.45, 7) is 2.78. The molecule has 0 bridgehead atoms. The lowest BCUT2D eigenvalue weighted by Crippen LogP contribution is -2.36. The first-order chi connectivity index (χ1) is 13.3. The number of likely N-dealkylation sites (tertiary alicyclic amines) is 1. The second kappa shape index (κ2) is 10.6. The zero-order valence-corrected chi connectivity index (χ0v) is 15.9. The Balaban J connectivity index is 1.28. The van der Waals surface area contributed by atoms with Crippen molar-refractivity contribution in [1.29, 1.82) is 0 Å². The summed E-state index contributed by atoms with van der Waals surface area (Å²) in [5.74, 6) is 0.886. The third-order valence-electron chi connectivity index (χ3n) is 4.82. The number of amides is 1. The van der Waals surface area contributed by atoms with Crippen LogP contribution in [0.4, 0.5) is 4.79 Å². The number of hydrogen-bond donors (Lipinski definition) is 0. The maximum atomic E-state index is 11.9. The van der Waals surface area contributed by atoms with Crippen LogP contribution < -0.4 is 4.74 Å². The minimum absolute atomic E-state index is 0.162. The van der Waals surface area contributed by atoms with Gasteiger partial charge in [-0.3, -0.25) is 0 Å². The molecular formula is C23H29NO3. The van der Waals surface area contributed by atoms with E-state index in [1.165, 1.54) is 17.5 Å². The summed E-state index contributed by atoms with van der Waals surface area (Å²) in [6, 6.07) is 18.7. The van der Waals surface area contributed by atoms with Crippen LogP contribution in [0.15, 0.2) is 54.6 Å². The monoisotopic (exact) mass is 367 g/mol. The molecule has 0 unspecified atom stereocenters. The molecule has 0 N–H and O–H groups in total. The van der Waals surface area contributed by atoms with Crippen LogP contribution in [0.3, 0.4) is 0 Å². The molecule has 0 aliphatic carbocycles. The average molecular weight is 367 g/mol. The molecule has 1 heterocycles. The quantitative estimate of drug-likeness (QED) is 0.612. The largest absolute Gasteiger partial charge is 0.494 e. The first-order valence-corrected chi connectivity index (χ1v) is 9.98. The third kappa shape index (κ3) is 6.63. The van der Waals surface area contributed by atoms with E-state index >= 15 is 0 Å². The van der Waals surface area contributed by atoms with Gasteiger partial charge < -0.3 is 14.4 Å². The summed E-state index contributed by atoms with van der Waals surface area (Å²) in [5.41, 5.74) is 2.59. The number of ether oxygens (including phenoxy) is 2. The lowest BCUT2D eigenvalue weighted by Gasteiger charge is -2.25. The van der Waals surface area contributed by atoms with Crippen LogP contribution in [-0.4, -0.2) is 37.3 Å². The molecule has 0 aromatic heterocycles. The molecule has 0 spiro atoms. The van der Waals surface area contributed by atoms with Crippen molar-refractivity contribution in [1.82, 2.24) is 4.90 Å². The van der Waals surface area contributed by atoms with Crippen LogP contribution in [-0.2, 0) is 11.2 Å². The number of carbonyl (C=O) groups is 1. The van der Waals surface area contributed by atoms with Crippen molar-refractivity contribution >= 4 is 6.09 Å². The van der Waals surface area contributed by atoms with Crippen LogP contribution in [0, 0.1) is 0 Å². The number of piperidine rings is 1. The van der Waals surface area contributed by atoms with E-state index in [-0.39, 0.29) is 6.09 Å². The number of carbonyl (C=O) groups excluding carboxylic acids is 1. The van der Waals surface area contributed by atoms with Crippen LogP contribution in [0.25, 0.3) is 0 Å². The Hall–Kier alpha value is -2.49. The molecule has 0 saturated carbocycles. The summed E-state index contributed by atoms with van der Waals surface area (Å²) in [7, 11) is 0. The molecule has 1 aliphatic rings. The van der Waals surface area contributed by atoms with Gasteiger partial charge in [0, 0.05) is 13.1 Å². The Morgan fingerprint density at radius 1 is 0.815 bits per heavy atom. The fourth-order valence-electron chi connectivity index (χ4n) is 3.26. The van der Waals surface area contributed by atoms with E-state index in [9.17, 15) is 4.79 Å². The minimum atomic E-state index is -0.162. The van der Waals surface area contributed by atoms with Crippen molar-refractivity contribution < 1.29 is 14.3 Å². The van der Waals surface area contributed by atoms with E-state index < -0.39 is 0 Å². The Bertz CT molecular complexity index is 679. The van der Waals surface area contributed by atoms with Gasteiger partial charge in [-0.15, -0.1) is 0 Å². The molecule has 1 amide bonds. The lowest BCUT2D eigenvalue weighted by atomic mass is 10.1. The summed E-state index contributed by atoms with van der Waals surface area (Å²) >= 11 is 0. The van der Waals surface area contributed by atoms with Gasteiger partial charge in [0.1, 0.15) is 5.75 Å². The topological polar surface area (TPSA) is 38.8 Å². The average Bonchev–Trinajstić information content (AvgIpc) is 2.73. The van der Waals surface area contributed by atoms with Crippen molar-refractivity contribution in [3.63, 3.8) is 0 Å². The molecule has 1 fully saturated rings. The molecule has 4 heteroatoms. The summed E-state index contributed by atoms with van der Waals surface area (Å²) in [5, 5.41) is 0. The molecule has 3 rings (SSSR count). The van der Waals surface area contributed by atoms with Crippen molar-refractivity contribution in [2.75, 3.05) is 26.3 Å². The van der Waals surface area contributed by atoms with E-state index in [1.54, 1.807) is 0 Å². The Kier molecular flexibility index (Phi) is 7.57. The van der Waals surface area contributed by atoms with E-state index in [0.717, 1.165) is 50.9 Å². The summed E-state index contributed by atoms with van der Waals surface area (Å²) < 4.78 is 11.1. The second-order valence-corrected chi connectivity index (χ2v) is 7.02. The van der Waals surface area contributed by atoms with Gasteiger partial charge in [0.25, 0.3) is 0 Å². The molecule has 144 valence electrons. The van der Waals surface area contributed by atoms with Crippen LogP contribution >= 0.6 is 0 Å². The van der Waals surface area contributed by atoms with E-state index in [0.29, 0.717) is 13.2 Å². The maximum absolute atomic E-state index is 11.9. The molecule has 0 radical (unpaired) electrons. The molecule has 4 nitrogen and oxygen atoms in total. The van der Waals surface area contributed by atoms with Crippen LogP contribution in [0.1, 0.15) is 43.2 Å². The highest BCUT2D eigenvalue weighted by Crippen LogP contribution is 2.16. The maximum Gasteiger partial charge on any atom is 0.409 e. The highest BCUT2D eigenvalue weighted by atomic mass is 16.6. The molecule has 0 atom stereocenters. The summed E-state index contributed by atoms with van der Waals surface area (Å²) in [6.07, 6.45) is 5.87. The van der Waals surface area contributed by atoms with Gasteiger partial charge in [0.2, 0.25) is 0 Å². The molecule has 2 aromatic carbocycles. The molecule has 1 aliphatic heterocycles. The molecule has 2 aromatic rings. The van der Waals surface area contributed by atoms with Gasteiger partial charge in [0.05, 0.1) is 13.2 Å². The highest BCUT2D eigenvalue weighted by molar-refractivity contribution is 5.67. The zero-order chi connectivity index (χ0) is 18.7. The van der Waals surface area contributed by atoms with E-state index in [2.05, 4.69) is 36.4 Å². The SMILES string of the molecule is O=C(OCCCCOc1ccc(Cc2ccccc2)cc1)N1CCCCC1. The summed E-state index contributed by atoms with van der Waals surface area (Å²) in [4.78, 5) is 13.7. The second-order valence-electron chi connectivity index (χ2n) is 7.02. The third-order valence-corrected chi connectivity index (χ3v) is 4.82. The van der Waals surface area contributed by atoms with Crippen molar-refractivity contribution in [3.8, 4) is 5.75 Å². The predicted molar refractivity (Wildman–Crippen MR) is 107 cm³/mol. The molecular weight excluding hydrogens is 338 g/mol. The fraction of sp³-hybridized carbons (Fsp3) is 0.435. The zero-order valence-electron chi connectivity index (χ0n) is 15.9. The first-order valence-electron chi connectivity index (χ1n) is 9.98. The van der Waals surface area contributed by atoms with Crippen molar-refractivity contribution in [2.45, 2.75) is 38.5 Å². The minimum Gasteiger partial charge on any atom is -0.494 e. The number of unbranched alkanes of at least 4 members (excludes halogenated alkanes) is 1. The van der Waals surface area contributed by atoms with Gasteiger partial charge >= 0.3 is 6.09 Å². The Labute approximate surface area is 162 Å². The van der Waals surface area contributed by atoms with E-state index in [4.69, 9.17) is 9.47 Å². The predicted octanol–water partition coefficient (Wildman–Crippen LogP) is 5.06. The van der Waals surface area contributed by atoms with Crippen LogP contribution in [0.2, 0.25) is 0 Å². The standard InChI is InChI=1S/C23H29NO3/c25-23(24-15-5-2-6-16-24)27-18-8-7-17-26-22-13-11-21(12-14-22)19-20-9-3-1-4-10-20/h1,3-4,9-14H,2,5-8,15-19H2. The van der Waals surface area contributed by atoms with E-state index in [1.807, 2.05) is 23.1 Å². The Morgan fingerprint density at radius 2 is 1.48 bits per heavy atom. The fourth-order valence-corrected chi connectivity index (χ4v) is 3.26. The number of benzene rings is 2. The number of rotatable bonds is 8. The Morgan fingerprint density at radius 3 is 2.22 bits per heavy atom. The van der Waals surface area contributed by atoms with Crippen LogP contribution in [0.5, 0.6) is 5.75 Å². The van der Waals surface area contributed by atoms with Crippen molar-refractivity contribution in [2.24, 2.45) is 0 Å². The van der Waals surface area contributed by atoms with Gasteiger partial charge in [0.15, 0.2) is 0 Å². The highest BCUT2D eigenvalue weighted by Gasteiger charge is 2.17. The first kappa shape index (κ1) is 19.3. The van der Waals surface area contributed by atoms with Gasteiger partial charge in [-0.2, -0.15) is 0 Å². The van der Waals surface area contributed by atoms with Gasteiger partial charge in [-0.1, -0.05) is 42.5 Å². The normalized spacial score (nSPS) is 14.0. The smallest absolute Gasteiger partial charge is 0.409 e. The van der Waals surface area contributed by atoms with Crippen molar-refractivity contribution in [3.05, 3.63) is 65.7 Å². The molecule has 1 saturated heterocycles. The van der Waals surface area contributed by atoms with Gasteiger partial charge in [-0.05, 0) is 61.8 Å². The number of nitrogens with zero attached hydrogens (tertiary/aromatic N) is 1.